The summed E-state index contributed by atoms with van der Waals surface area (Å²) in [6, 6.07) is 57.3. The Labute approximate surface area is 487 Å². The fraction of sp³-hybridized carbons (Fsp3) is 0.197. The second-order valence-corrected chi connectivity index (χ2v) is 21.4. The molecule has 11 heteroatoms. The summed E-state index contributed by atoms with van der Waals surface area (Å²) in [5.41, 5.74) is 12.5. The Morgan fingerprint density at radius 1 is 0.649 bits per heavy atom. The molecule has 77 heavy (non-hydrogen) atoms. The predicted molar refractivity (Wildman–Crippen MR) is 310 cm³/mol. The second kappa shape index (κ2) is 21.1. The van der Waals surface area contributed by atoms with Crippen LogP contribution in [0.1, 0.15) is 69.4 Å². The van der Waals surface area contributed by atoms with E-state index in [1.807, 2.05) is 104 Å². The minimum absolute atomic E-state index is 0. The fourth-order valence-corrected chi connectivity index (χ4v) is 11.8. The summed E-state index contributed by atoms with van der Waals surface area (Å²) in [4.78, 5) is 30.9. The van der Waals surface area contributed by atoms with E-state index in [4.69, 9.17) is 14.7 Å². The van der Waals surface area contributed by atoms with Crippen LogP contribution < -0.4 is 14.5 Å². The van der Waals surface area contributed by atoms with E-state index in [1.54, 1.807) is 12.1 Å². The molecular weight excluding hydrogens is 1210 g/mol. The van der Waals surface area contributed by atoms with Gasteiger partial charge in [0.1, 0.15) is 35.6 Å². The van der Waals surface area contributed by atoms with Gasteiger partial charge in [-0.05, 0) is 85.5 Å². The minimum atomic E-state index is -0.619. The van der Waals surface area contributed by atoms with Crippen molar-refractivity contribution in [3.63, 3.8) is 0 Å². The molecule has 0 amide bonds. The van der Waals surface area contributed by atoms with E-state index in [2.05, 4.69) is 167 Å². The number of hydrogen-bond donors (Lipinski definition) is 1. The molecule has 1 unspecified atom stereocenters. The molecule has 381 valence electrons. The van der Waals surface area contributed by atoms with Gasteiger partial charge in [-0.3, -0.25) is 14.8 Å². The van der Waals surface area contributed by atoms with Crippen molar-refractivity contribution in [2.24, 2.45) is 15.0 Å². The molecule has 0 fully saturated rings. The number of aromatic hydroxyl groups is 1. The molecule has 5 aliphatic rings. The predicted octanol–water partition coefficient (Wildman–Crippen LogP) is 14.4. The van der Waals surface area contributed by atoms with Gasteiger partial charge in [-0.1, -0.05) is 159 Å². The van der Waals surface area contributed by atoms with Crippen molar-refractivity contribution in [3.8, 4) is 11.5 Å². The van der Waals surface area contributed by atoms with E-state index in [0.717, 1.165) is 50.1 Å². The first-order valence-corrected chi connectivity index (χ1v) is 25.5. The standard InChI is InChI=1S/3C22H20N2O.U.V/c1-21(2)17-10-6-7-11-18(17)24(3)22(21)14-23-20-16-9-5-4-8-15(16)12-13-19(20)25-22;2*1-22(2)17-10-6-7-11-18(17)24(3)20(22)14-23-21-16-9-5-4-8-15(16)12-13-19(21)25;;/h3*4-14H,1-3H3;;/p+1/b;20-14+,23-21?;;;. The number of anilines is 2. The summed E-state index contributed by atoms with van der Waals surface area (Å²) in [5.74, 6) is 0.993. The normalized spacial score (nSPS) is 19.4. The number of ketones is 1. The van der Waals surface area contributed by atoms with Crippen molar-refractivity contribution in [2.45, 2.75) is 63.5 Å². The Kier molecular flexibility index (Phi) is 15.0. The molecule has 1 radical (unpaired) electrons. The first-order chi connectivity index (χ1) is 36.0. The van der Waals surface area contributed by atoms with Gasteiger partial charge in [0, 0.05) is 120 Å². The monoisotopic (exact) mass is 1270 g/mol. The number of aliphatic imine (C=N–C) groups is 3. The van der Waals surface area contributed by atoms with Crippen molar-refractivity contribution in [2.75, 3.05) is 30.9 Å². The van der Waals surface area contributed by atoms with Crippen LogP contribution in [0.2, 0.25) is 0 Å². The van der Waals surface area contributed by atoms with E-state index >= 15 is 0 Å². The fourth-order valence-electron chi connectivity index (χ4n) is 11.8. The zero-order valence-corrected chi connectivity index (χ0v) is 50.5. The van der Waals surface area contributed by atoms with E-state index < -0.39 is 5.72 Å². The van der Waals surface area contributed by atoms with Crippen molar-refractivity contribution in [3.05, 3.63) is 216 Å². The maximum Gasteiger partial charge on any atom is 0.228 e. The largest absolute Gasteiger partial charge is 0.506 e. The van der Waals surface area contributed by atoms with Gasteiger partial charge in [-0.15, -0.1) is 0 Å². The van der Waals surface area contributed by atoms with Gasteiger partial charge >= 0.3 is 0 Å². The number of carbonyl (C=O) groups excluding carboxylic acids is 1. The first-order valence-electron chi connectivity index (χ1n) is 25.5. The molecule has 4 heterocycles. The smallest absolute Gasteiger partial charge is 0.228 e. The van der Waals surface area contributed by atoms with Crippen molar-refractivity contribution >= 4 is 85.7 Å². The molecule has 8 aromatic rings. The average Bonchev–Trinajstić information content (AvgIpc) is 3.82. The summed E-state index contributed by atoms with van der Waals surface area (Å²) in [5, 5.41) is 14.6. The van der Waals surface area contributed by atoms with Crippen LogP contribution in [0.25, 0.3) is 27.6 Å². The van der Waals surface area contributed by atoms with Crippen LogP contribution in [-0.2, 0) is 39.6 Å². The maximum atomic E-state index is 12.4. The van der Waals surface area contributed by atoms with Crippen LogP contribution in [0.3, 0.4) is 0 Å². The van der Waals surface area contributed by atoms with Crippen LogP contribution >= 0.6 is 0 Å². The van der Waals surface area contributed by atoms with Crippen LogP contribution in [0.5, 0.6) is 11.5 Å². The Bertz CT molecular complexity index is 3850. The number of para-hydroxylation sites is 3. The number of carbonyl (C=O) groups is 1. The summed E-state index contributed by atoms with van der Waals surface area (Å²) < 4.78 is 8.86. The van der Waals surface area contributed by atoms with Gasteiger partial charge in [0.15, 0.2) is 0 Å². The molecule has 1 aliphatic carbocycles. The number of fused-ring (bicyclic) bond motifs is 8. The first kappa shape index (κ1) is 54.7. The third-order valence-corrected chi connectivity index (χ3v) is 16.1. The zero-order chi connectivity index (χ0) is 52.4. The molecule has 0 saturated heterocycles. The van der Waals surface area contributed by atoms with E-state index in [0.29, 0.717) is 11.4 Å². The third-order valence-electron chi connectivity index (χ3n) is 16.1. The number of phenols is 1. The van der Waals surface area contributed by atoms with E-state index in [1.165, 1.54) is 39.1 Å². The van der Waals surface area contributed by atoms with Gasteiger partial charge in [-0.2, -0.15) is 4.58 Å². The van der Waals surface area contributed by atoms with E-state index in [9.17, 15) is 9.90 Å². The molecule has 9 nitrogen and oxygen atoms in total. The molecule has 1 atom stereocenters. The minimum Gasteiger partial charge on any atom is -0.506 e. The van der Waals surface area contributed by atoms with Crippen LogP contribution in [0, 0.1) is 31.1 Å². The average molecular weight is 1280 g/mol. The van der Waals surface area contributed by atoms with Gasteiger partial charge < -0.3 is 19.6 Å². The Morgan fingerprint density at radius 2 is 1.25 bits per heavy atom. The molecule has 0 saturated carbocycles. The van der Waals surface area contributed by atoms with Gasteiger partial charge in [0.2, 0.25) is 22.9 Å². The van der Waals surface area contributed by atoms with Crippen LogP contribution in [0.15, 0.2) is 203 Å². The summed E-state index contributed by atoms with van der Waals surface area (Å²) in [6.45, 7) is 13.3. The summed E-state index contributed by atoms with van der Waals surface area (Å²) >= 11 is 0. The number of phenolic OH excluding ortho intramolecular Hbond substituents is 1. The Morgan fingerprint density at radius 3 is 1.96 bits per heavy atom. The number of nitrogens with zero attached hydrogens (tertiary/aromatic N) is 6. The number of rotatable bonds is 3. The number of hydrogen-bond acceptors (Lipinski definition) is 8. The summed E-state index contributed by atoms with van der Waals surface area (Å²) in [6.07, 6.45) is 9.18. The molecule has 8 aromatic carbocycles. The zero-order valence-electron chi connectivity index (χ0n) is 44.9. The Hall–Kier alpha value is -7.05. The number of benzene rings is 8. The number of allylic oxidation sites excluding steroid dienone is 2. The van der Waals surface area contributed by atoms with Crippen molar-refractivity contribution in [1.29, 1.82) is 0 Å². The van der Waals surface area contributed by atoms with Crippen LogP contribution in [-0.4, -0.2) is 66.2 Å². The maximum absolute atomic E-state index is 12.4. The quantitative estimate of drug-likeness (QED) is 0.141. The molecule has 0 bridgehead atoms. The van der Waals surface area contributed by atoms with Crippen LogP contribution in [0.4, 0.5) is 28.4 Å². The SMILES string of the molecule is CN1/C(=C/N=C2C(=O)C=Cc3ccccc32)C(C)(C)c2ccccc21.CN1c2ccccc2C(C)(C)C12C=Nc1c(ccc3ccccc13)O2.C[N+]1=C(C=Nc2c(O)ccc3ccccc23)C(C)(C)c2ccccc21.[U].[V]. The van der Waals surface area contributed by atoms with Crippen molar-refractivity contribution in [1.82, 2.24) is 0 Å². The second-order valence-electron chi connectivity index (χ2n) is 21.4. The topological polar surface area (TPSA) is 93.1 Å². The molecule has 13 rings (SSSR count). The van der Waals surface area contributed by atoms with E-state index in [-0.39, 0.29) is 77.4 Å². The third kappa shape index (κ3) is 9.13. The molecular formula is C66H61N6O3UV+. The number of likely N-dealkylation sites (N-methyl/N-ethyl adjacent to an activating group) is 2. The molecule has 1 N–H and O–H groups in total. The molecule has 4 aliphatic heterocycles. The van der Waals surface area contributed by atoms with Crippen molar-refractivity contribution < 1.29 is 68.9 Å². The molecule has 0 aromatic heterocycles. The number of ether oxygens (including phenoxy) is 1. The van der Waals surface area contributed by atoms with Gasteiger partial charge in [0.05, 0.1) is 23.3 Å². The molecule has 1 spiro atoms. The van der Waals surface area contributed by atoms with Gasteiger partial charge in [-0.25, -0.2) is 4.99 Å². The Balaban J connectivity index is 0.000000139. The summed E-state index contributed by atoms with van der Waals surface area (Å²) in [7, 11) is 6.21. The van der Waals surface area contributed by atoms with Gasteiger partial charge in [0.25, 0.3) is 0 Å².